The molecule has 10 heavy (non-hydrogen) atoms. The van der Waals surface area contributed by atoms with Crippen LogP contribution in [0.15, 0.2) is 0 Å². The summed E-state index contributed by atoms with van der Waals surface area (Å²) in [7, 11) is 0. The number of fused-ring (bicyclic) bond motifs is 1. The van der Waals surface area contributed by atoms with Crippen molar-refractivity contribution >= 4 is 0 Å². The van der Waals surface area contributed by atoms with Crippen LogP contribution in [0.4, 0.5) is 0 Å². The normalized spacial score (nSPS) is 44.7. The number of rotatable bonds is 2. The van der Waals surface area contributed by atoms with Crippen molar-refractivity contribution in [2.75, 3.05) is 6.54 Å². The minimum atomic E-state index is 0.900. The molecule has 2 saturated carbocycles. The van der Waals surface area contributed by atoms with Crippen molar-refractivity contribution in [3.8, 4) is 0 Å². The molecule has 1 heteroatoms. The number of hydrogen-bond donors (Lipinski definition) is 1. The van der Waals surface area contributed by atoms with Gasteiger partial charge in [0.25, 0.3) is 0 Å². The Morgan fingerprint density at radius 2 is 2.30 bits per heavy atom. The van der Waals surface area contributed by atoms with E-state index in [0.29, 0.717) is 0 Å². The average molecular weight is 139 g/mol. The lowest BCUT2D eigenvalue weighted by molar-refractivity contribution is 0.140. The van der Waals surface area contributed by atoms with Crippen molar-refractivity contribution in [1.82, 2.24) is 5.32 Å². The van der Waals surface area contributed by atoms with Gasteiger partial charge in [-0.25, -0.2) is 0 Å². The second-order valence-electron chi connectivity index (χ2n) is 3.75. The van der Waals surface area contributed by atoms with E-state index in [-0.39, 0.29) is 0 Å². The first-order valence-electron chi connectivity index (χ1n) is 4.65. The van der Waals surface area contributed by atoms with E-state index in [1.54, 1.807) is 0 Å². The fourth-order valence-corrected chi connectivity index (χ4v) is 2.69. The summed E-state index contributed by atoms with van der Waals surface area (Å²) in [5.74, 6) is 2.18. The maximum atomic E-state index is 3.55. The molecule has 0 aromatic carbocycles. The number of hydrogen-bond acceptors (Lipinski definition) is 1. The summed E-state index contributed by atoms with van der Waals surface area (Å²) in [4.78, 5) is 0. The molecule has 2 aliphatic rings. The van der Waals surface area contributed by atoms with E-state index >= 15 is 0 Å². The van der Waals surface area contributed by atoms with E-state index in [2.05, 4.69) is 12.2 Å². The SMILES string of the molecule is CCNC1C[C@@H]2CCC[C@H]12. The topological polar surface area (TPSA) is 12.0 Å². The van der Waals surface area contributed by atoms with Crippen LogP contribution in [0.2, 0.25) is 0 Å². The molecule has 0 amide bonds. The first-order chi connectivity index (χ1) is 4.92. The fraction of sp³-hybridized carbons (Fsp3) is 1.00. The molecule has 1 N–H and O–H groups in total. The first-order valence-corrected chi connectivity index (χ1v) is 4.65. The molecule has 2 aliphatic carbocycles. The molecule has 1 nitrogen and oxygen atoms in total. The third-order valence-corrected chi connectivity index (χ3v) is 3.26. The molecular weight excluding hydrogens is 122 g/mol. The van der Waals surface area contributed by atoms with E-state index in [1.165, 1.54) is 25.7 Å². The van der Waals surface area contributed by atoms with Gasteiger partial charge in [0.15, 0.2) is 0 Å². The van der Waals surface area contributed by atoms with E-state index in [9.17, 15) is 0 Å². The van der Waals surface area contributed by atoms with Crippen molar-refractivity contribution in [1.29, 1.82) is 0 Å². The summed E-state index contributed by atoms with van der Waals surface area (Å²) in [6.45, 7) is 3.37. The molecule has 0 aromatic heterocycles. The summed E-state index contributed by atoms with van der Waals surface area (Å²) >= 11 is 0. The van der Waals surface area contributed by atoms with Crippen LogP contribution in [0.1, 0.15) is 32.6 Å². The highest BCUT2D eigenvalue weighted by Gasteiger charge is 2.42. The van der Waals surface area contributed by atoms with Crippen molar-refractivity contribution in [3.05, 3.63) is 0 Å². The molecular formula is C9H17N. The smallest absolute Gasteiger partial charge is 0.0101 e. The van der Waals surface area contributed by atoms with Crippen LogP contribution >= 0.6 is 0 Å². The van der Waals surface area contributed by atoms with E-state index in [4.69, 9.17) is 0 Å². The van der Waals surface area contributed by atoms with Gasteiger partial charge in [-0.2, -0.15) is 0 Å². The Bertz CT molecular complexity index is 122. The van der Waals surface area contributed by atoms with Crippen molar-refractivity contribution in [2.45, 2.75) is 38.6 Å². The number of nitrogens with one attached hydrogen (secondary N) is 1. The van der Waals surface area contributed by atoms with Crippen molar-refractivity contribution < 1.29 is 0 Å². The zero-order valence-electron chi connectivity index (χ0n) is 6.77. The van der Waals surface area contributed by atoms with Gasteiger partial charge in [-0.3, -0.25) is 0 Å². The largest absolute Gasteiger partial charge is 0.314 e. The minimum Gasteiger partial charge on any atom is -0.314 e. The van der Waals surface area contributed by atoms with Crippen LogP contribution in [0.3, 0.4) is 0 Å². The van der Waals surface area contributed by atoms with Crippen LogP contribution in [-0.4, -0.2) is 12.6 Å². The Labute approximate surface area is 63.2 Å². The zero-order chi connectivity index (χ0) is 6.97. The lowest BCUT2D eigenvalue weighted by Crippen LogP contribution is -2.47. The van der Waals surface area contributed by atoms with Gasteiger partial charge in [0.1, 0.15) is 0 Å². The summed E-state index contributed by atoms with van der Waals surface area (Å²) in [6.07, 6.45) is 5.99. The summed E-state index contributed by atoms with van der Waals surface area (Å²) in [6, 6.07) is 0.900. The molecule has 0 saturated heterocycles. The van der Waals surface area contributed by atoms with Gasteiger partial charge in [0, 0.05) is 6.04 Å². The van der Waals surface area contributed by atoms with Gasteiger partial charge in [-0.1, -0.05) is 19.8 Å². The maximum Gasteiger partial charge on any atom is 0.0101 e. The van der Waals surface area contributed by atoms with Gasteiger partial charge < -0.3 is 5.32 Å². The van der Waals surface area contributed by atoms with Crippen molar-refractivity contribution in [2.24, 2.45) is 11.8 Å². The fourth-order valence-electron chi connectivity index (χ4n) is 2.69. The molecule has 0 spiro atoms. The first kappa shape index (κ1) is 6.66. The minimum absolute atomic E-state index is 0.900. The molecule has 2 rings (SSSR count). The van der Waals surface area contributed by atoms with Gasteiger partial charge in [-0.05, 0) is 31.2 Å². The Morgan fingerprint density at radius 3 is 3.00 bits per heavy atom. The van der Waals surface area contributed by atoms with Crippen LogP contribution in [0, 0.1) is 11.8 Å². The second kappa shape index (κ2) is 2.54. The molecule has 0 bridgehead atoms. The van der Waals surface area contributed by atoms with Gasteiger partial charge in [0.05, 0.1) is 0 Å². The monoisotopic (exact) mass is 139 g/mol. The third kappa shape index (κ3) is 0.878. The molecule has 1 unspecified atom stereocenters. The maximum absolute atomic E-state index is 3.55. The van der Waals surface area contributed by atoms with Gasteiger partial charge >= 0.3 is 0 Å². The molecule has 58 valence electrons. The summed E-state index contributed by atoms with van der Waals surface area (Å²) in [5.41, 5.74) is 0. The zero-order valence-corrected chi connectivity index (χ0v) is 6.77. The van der Waals surface area contributed by atoms with E-state index in [1.807, 2.05) is 0 Å². The highest BCUT2D eigenvalue weighted by molar-refractivity contribution is 4.97. The van der Waals surface area contributed by atoms with Crippen molar-refractivity contribution in [3.63, 3.8) is 0 Å². The second-order valence-corrected chi connectivity index (χ2v) is 3.75. The molecule has 3 atom stereocenters. The van der Waals surface area contributed by atoms with E-state index < -0.39 is 0 Å². The van der Waals surface area contributed by atoms with Crippen LogP contribution < -0.4 is 5.32 Å². The molecule has 0 radical (unpaired) electrons. The summed E-state index contributed by atoms with van der Waals surface area (Å²) < 4.78 is 0. The Balaban J connectivity index is 1.83. The Morgan fingerprint density at radius 1 is 1.40 bits per heavy atom. The quantitative estimate of drug-likeness (QED) is 0.615. The lowest BCUT2D eigenvalue weighted by Gasteiger charge is -2.41. The summed E-state index contributed by atoms with van der Waals surface area (Å²) in [5, 5.41) is 3.55. The lowest BCUT2D eigenvalue weighted by atomic mass is 9.71. The third-order valence-electron chi connectivity index (χ3n) is 3.26. The highest BCUT2D eigenvalue weighted by atomic mass is 14.9. The van der Waals surface area contributed by atoms with Crippen LogP contribution in [0.25, 0.3) is 0 Å². The predicted octanol–water partition coefficient (Wildman–Crippen LogP) is 1.78. The van der Waals surface area contributed by atoms with Crippen LogP contribution in [0.5, 0.6) is 0 Å². The predicted molar refractivity (Wildman–Crippen MR) is 42.9 cm³/mol. The Hall–Kier alpha value is -0.0400. The Kier molecular flexibility index (Phi) is 1.69. The van der Waals surface area contributed by atoms with Crippen LogP contribution in [-0.2, 0) is 0 Å². The van der Waals surface area contributed by atoms with E-state index in [0.717, 1.165) is 24.4 Å². The highest BCUT2D eigenvalue weighted by Crippen LogP contribution is 2.46. The molecule has 2 fully saturated rings. The molecule has 0 heterocycles. The average Bonchev–Trinajstić information content (AvgIpc) is 2.26. The van der Waals surface area contributed by atoms with Gasteiger partial charge in [0.2, 0.25) is 0 Å². The van der Waals surface area contributed by atoms with Gasteiger partial charge in [-0.15, -0.1) is 0 Å². The molecule has 0 aliphatic heterocycles. The standard InChI is InChI=1S/C9H17N/c1-2-10-9-6-7-4-3-5-8(7)9/h7-10H,2-6H2,1H3/t7-,8-,9?/m0/s1. The molecule has 0 aromatic rings.